The fourth-order valence-corrected chi connectivity index (χ4v) is 3.65. The van der Waals surface area contributed by atoms with Crippen LogP contribution in [0.15, 0.2) is 24.5 Å². The first-order valence-corrected chi connectivity index (χ1v) is 7.49. The number of thioether (sulfide) groups is 1. The summed E-state index contributed by atoms with van der Waals surface area (Å²) in [6.07, 6.45) is 8.19. The number of aryl methyl sites for hydroxylation is 1. The van der Waals surface area contributed by atoms with Gasteiger partial charge in [-0.1, -0.05) is 0 Å². The molecule has 90 valence electrons. The van der Waals surface area contributed by atoms with E-state index in [-0.39, 0.29) is 0 Å². The highest BCUT2D eigenvalue weighted by molar-refractivity contribution is 7.99. The van der Waals surface area contributed by atoms with Crippen LogP contribution in [0.5, 0.6) is 0 Å². The summed E-state index contributed by atoms with van der Waals surface area (Å²) in [6.45, 7) is 2.12. The second-order valence-corrected chi connectivity index (χ2v) is 6.14. The standard InChI is InChI=1S/C14H18N2S/c1-11-4-5-16-9-13(15-14(16)7-11)8-12-3-2-6-17-10-12/h4-5,7,9,12H,2-3,6,8,10H2,1H3. The van der Waals surface area contributed by atoms with E-state index in [0.29, 0.717) is 0 Å². The first-order chi connectivity index (χ1) is 8.31. The van der Waals surface area contributed by atoms with Crippen molar-refractivity contribution in [1.29, 1.82) is 0 Å². The molecule has 1 aliphatic rings. The predicted molar refractivity (Wildman–Crippen MR) is 73.7 cm³/mol. The Morgan fingerprint density at radius 2 is 2.47 bits per heavy atom. The molecule has 1 fully saturated rings. The van der Waals surface area contributed by atoms with Crippen molar-refractivity contribution in [3.05, 3.63) is 35.8 Å². The third-order valence-corrected chi connectivity index (χ3v) is 4.70. The van der Waals surface area contributed by atoms with E-state index in [9.17, 15) is 0 Å². The van der Waals surface area contributed by atoms with Gasteiger partial charge in [0.15, 0.2) is 0 Å². The van der Waals surface area contributed by atoms with Gasteiger partial charge in [-0.25, -0.2) is 4.98 Å². The van der Waals surface area contributed by atoms with Gasteiger partial charge >= 0.3 is 0 Å². The molecule has 1 saturated heterocycles. The van der Waals surface area contributed by atoms with Crippen molar-refractivity contribution in [3.8, 4) is 0 Å². The van der Waals surface area contributed by atoms with E-state index in [2.05, 4.69) is 47.6 Å². The topological polar surface area (TPSA) is 17.3 Å². The Morgan fingerprint density at radius 1 is 1.53 bits per heavy atom. The summed E-state index contributed by atoms with van der Waals surface area (Å²) in [7, 11) is 0. The number of nitrogens with zero attached hydrogens (tertiary/aromatic N) is 2. The number of rotatable bonds is 2. The first kappa shape index (κ1) is 11.1. The molecular weight excluding hydrogens is 228 g/mol. The summed E-state index contributed by atoms with van der Waals surface area (Å²) in [5, 5.41) is 0. The summed E-state index contributed by atoms with van der Waals surface area (Å²) in [5.41, 5.74) is 3.62. The van der Waals surface area contributed by atoms with E-state index in [1.54, 1.807) is 0 Å². The zero-order valence-corrected chi connectivity index (χ0v) is 11.0. The number of hydrogen-bond acceptors (Lipinski definition) is 2. The molecule has 17 heavy (non-hydrogen) atoms. The van der Waals surface area contributed by atoms with Crippen LogP contribution in [0.3, 0.4) is 0 Å². The minimum atomic E-state index is 0.833. The molecule has 0 spiro atoms. The quantitative estimate of drug-likeness (QED) is 0.808. The minimum Gasteiger partial charge on any atom is -0.307 e. The van der Waals surface area contributed by atoms with Crippen LogP contribution in [0, 0.1) is 12.8 Å². The maximum atomic E-state index is 4.72. The first-order valence-electron chi connectivity index (χ1n) is 6.33. The van der Waals surface area contributed by atoms with Gasteiger partial charge < -0.3 is 4.40 Å². The lowest BCUT2D eigenvalue weighted by Gasteiger charge is -2.19. The molecule has 0 aliphatic carbocycles. The van der Waals surface area contributed by atoms with Gasteiger partial charge in [0.1, 0.15) is 5.65 Å². The van der Waals surface area contributed by atoms with Crippen molar-refractivity contribution in [3.63, 3.8) is 0 Å². The zero-order valence-electron chi connectivity index (χ0n) is 10.2. The Balaban J connectivity index is 1.80. The van der Waals surface area contributed by atoms with Crippen molar-refractivity contribution >= 4 is 17.4 Å². The van der Waals surface area contributed by atoms with Crippen molar-refractivity contribution in [2.45, 2.75) is 26.2 Å². The fourth-order valence-electron chi connectivity index (χ4n) is 2.50. The van der Waals surface area contributed by atoms with E-state index in [1.807, 2.05) is 0 Å². The largest absolute Gasteiger partial charge is 0.307 e. The van der Waals surface area contributed by atoms with Gasteiger partial charge in [0.05, 0.1) is 5.69 Å². The molecule has 3 heteroatoms. The Hall–Kier alpha value is -0.960. The van der Waals surface area contributed by atoms with E-state index in [0.717, 1.165) is 18.0 Å². The molecule has 3 heterocycles. The molecule has 0 bridgehead atoms. The summed E-state index contributed by atoms with van der Waals surface area (Å²) in [5.74, 6) is 3.49. The monoisotopic (exact) mass is 246 g/mol. The average Bonchev–Trinajstić information content (AvgIpc) is 2.71. The van der Waals surface area contributed by atoms with Crippen LogP contribution in [0.2, 0.25) is 0 Å². The third-order valence-electron chi connectivity index (χ3n) is 3.42. The molecule has 2 aromatic rings. The zero-order chi connectivity index (χ0) is 11.7. The van der Waals surface area contributed by atoms with Gasteiger partial charge in [0.25, 0.3) is 0 Å². The molecule has 0 aromatic carbocycles. The number of aromatic nitrogens is 2. The van der Waals surface area contributed by atoms with Crippen LogP contribution in [0.25, 0.3) is 5.65 Å². The molecule has 3 rings (SSSR count). The van der Waals surface area contributed by atoms with E-state index >= 15 is 0 Å². The fraction of sp³-hybridized carbons (Fsp3) is 0.500. The highest BCUT2D eigenvalue weighted by Crippen LogP contribution is 2.25. The van der Waals surface area contributed by atoms with Crippen LogP contribution in [0.4, 0.5) is 0 Å². The van der Waals surface area contributed by atoms with Gasteiger partial charge in [-0.05, 0) is 61.3 Å². The van der Waals surface area contributed by atoms with Gasteiger partial charge in [0, 0.05) is 12.4 Å². The molecular formula is C14H18N2S. The second-order valence-electron chi connectivity index (χ2n) is 4.99. The molecule has 0 radical (unpaired) electrons. The summed E-state index contributed by atoms with van der Waals surface area (Å²) in [6, 6.07) is 4.29. The van der Waals surface area contributed by atoms with E-state index < -0.39 is 0 Å². The molecule has 2 nitrogen and oxygen atoms in total. The highest BCUT2D eigenvalue weighted by Gasteiger charge is 2.15. The number of fused-ring (bicyclic) bond motifs is 1. The van der Waals surface area contributed by atoms with Crippen LogP contribution >= 0.6 is 11.8 Å². The number of hydrogen-bond donors (Lipinski definition) is 0. The van der Waals surface area contributed by atoms with Gasteiger partial charge in [-0.15, -0.1) is 0 Å². The third kappa shape index (κ3) is 2.49. The van der Waals surface area contributed by atoms with Gasteiger partial charge in [-0.3, -0.25) is 0 Å². The smallest absolute Gasteiger partial charge is 0.137 e. The van der Waals surface area contributed by atoms with Crippen LogP contribution in [-0.2, 0) is 6.42 Å². The van der Waals surface area contributed by atoms with Crippen LogP contribution < -0.4 is 0 Å². The van der Waals surface area contributed by atoms with Crippen molar-refractivity contribution < 1.29 is 0 Å². The molecule has 2 aromatic heterocycles. The Morgan fingerprint density at radius 3 is 3.29 bits per heavy atom. The molecule has 0 saturated carbocycles. The summed E-state index contributed by atoms with van der Waals surface area (Å²) >= 11 is 2.10. The highest BCUT2D eigenvalue weighted by atomic mass is 32.2. The predicted octanol–water partition coefficient (Wildman–Crippen LogP) is 3.33. The molecule has 1 unspecified atom stereocenters. The number of pyridine rings is 1. The van der Waals surface area contributed by atoms with Crippen molar-refractivity contribution in [2.24, 2.45) is 5.92 Å². The normalized spacial score (nSPS) is 20.9. The van der Waals surface area contributed by atoms with E-state index in [1.165, 1.54) is 35.6 Å². The second kappa shape index (κ2) is 4.73. The lowest BCUT2D eigenvalue weighted by molar-refractivity contribution is 0.516. The molecule has 0 amide bonds. The SMILES string of the molecule is Cc1ccn2cc(CC3CCCSC3)nc2c1. The molecule has 1 atom stereocenters. The Bertz CT molecular complexity index is 512. The van der Waals surface area contributed by atoms with E-state index in [4.69, 9.17) is 4.98 Å². The summed E-state index contributed by atoms with van der Waals surface area (Å²) in [4.78, 5) is 4.72. The Kier molecular flexibility index (Phi) is 3.10. The maximum absolute atomic E-state index is 4.72. The summed E-state index contributed by atoms with van der Waals surface area (Å²) < 4.78 is 2.14. The minimum absolute atomic E-state index is 0.833. The van der Waals surface area contributed by atoms with Crippen molar-refractivity contribution in [2.75, 3.05) is 11.5 Å². The lowest BCUT2D eigenvalue weighted by atomic mass is 10.00. The average molecular weight is 246 g/mol. The van der Waals surface area contributed by atoms with Crippen LogP contribution in [0.1, 0.15) is 24.1 Å². The maximum Gasteiger partial charge on any atom is 0.137 e. The van der Waals surface area contributed by atoms with Crippen LogP contribution in [-0.4, -0.2) is 20.9 Å². The molecule has 1 aliphatic heterocycles. The van der Waals surface area contributed by atoms with Gasteiger partial charge in [-0.2, -0.15) is 11.8 Å². The van der Waals surface area contributed by atoms with Crippen molar-refractivity contribution in [1.82, 2.24) is 9.38 Å². The number of imidazole rings is 1. The molecule has 0 N–H and O–H groups in total. The lowest BCUT2D eigenvalue weighted by Crippen LogP contribution is -2.13. The van der Waals surface area contributed by atoms with Gasteiger partial charge in [0.2, 0.25) is 0 Å². The Labute approximate surface area is 106 Å².